The quantitative estimate of drug-likeness (QED) is 0.372. The molecule has 0 aliphatic rings. The molecule has 0 spiro atoms. The van der Waals surface area contributed by atoms with Gasteiger partial charge in [0.15, 0.2) is 0 Å². The zero-order chi connectivity index (χ0) is 20.1. The van der Waals surface area contributed by atoms with Crippen LogP contribution in [0.2, 0.25) is 13.1 Å². The van der Waals surface area contributed by atoms with Crippen LogP contribution < -0.4 is 10.4 Å². The fourth-order valence-corrected chi connectivity index (χ4v) is 5.65. The Morgan fingerprint density at radius 1 is 0.552 bits per heavy atom. The van der Waals surface area contributed by atoms with E-state index < -0.39 is 8.07 Å². The minimum absolute atomic E-state index is 0.866. The summed E-state index contributed by atoms with van der Waals surface area (Å²) in [5.41, 5.74) is 2.35. The van der Waals surface area contributed by atoms with Crippen molar-refractivity contribution >= 4 is 42.8 Å². The highest BCUT2D eigenvalue weighted by molar-refractivity contribution is 7.00. The van der Waals surface area contributed by atoms with Gasteiger partial charge in [-0.05, 0) is 47.5 Å². The minimum atomic E-state index is -1.74. The van der Waals surface area contributed by atoms with E-state index in [9.17, 15) is 0 Å². The van der Waals surface area contributed by atoms with Gasteiger partial charge < -0.3 is 8.83 Å². The van der Waals surface area contributed by atoms with Crippen LogP contribution >= 0.6 is 0 Å². The maximum atomic E-state index is 5.35. The Morgan fingerprint density at radius 3 is 1.31 bits per heavy atom. The van der Waals surface area contributed by atoms with Crippen molar-refractivity contribution in [2.75, 3.05) is 0 Å². The van der Waals surface area contributed by atoms with Crippen molar-refractivity contribution in [1.29, 1.82) is 0 Å². The predicted octanol–water partition coefficient (Wildman–Crippen LogP) is 6.04. The van der Waals surface area contributed by atoms with Gasteiger partial charge in [0.25, 0.3) is 0 Å². The highest BCUT2D eigenvalue weighted by Crippen LogP contribution is 2.12. The van der Waals surface area contributed by atoms with E-state index in [-0.39, 0.29) is 0 Å². The van der Waals surface area contributed by atoms with Gasteiger partial charge in [-0.15, -0.1) is 0 Å². The lowest BCUT2D eigenvalue weighted by atomic mass is 10.2. The molecule has 0 aliphatic heterocycles. The summed E-state index contributed by atoms with van der Waals surface area (Å²) in [6.07, 6.45) is 11.5. The molecule has 4 rings (SSSR count). The maximum Gasteiger partial charge on any atom is 0.126 e. The van der Waals surface area contributed by atoms with Gasteiger partial charge in [-0.1, -0.05) is 84.2 Å². The molecule has 2 aromatic heterocycles. The number of benzene rings is 2. The van der Waals surface area contributed by atoms with Crippen molar-refractivity contribution in [2.24, 2.45) is 0 Å². The Balaban J connectivity index is 1.48. The Labute approximate surface area is 172 Å². The summed E-state index contributed by atoms with van der Waals surface area (Å²) in [4.78, 5) is 0. The third-order valence-corrected chi connectivity index (χ3v) is 8.78. The Kier molecular flexibility index (Phi) is 5.50. The van der Waals surface area contributed by atoms with Crippen LogP contribution in [0.3, 0.4) is 0 Å². The molecule has 2 aromatic carbocycles. The van der Waals surface area contributed by atoms with Crippen molar-refractivity contribution in [3.8, 4) is 0 Å². The number of hydrogen-bond acceptors (Lipinski definition) is 2. The third kappa shape index (κ3) is 4.58. The van der Waals surface area contributed by atoms with Gasteiger partial charge in [0, 0.05) is 0 Å². The monoisotopic (exact) mass is 396 g/mol. The van der Waals surface area contributed by atoms with Crippen molar-refractivity contribution in [1.82, 2.24) is 0 Å². The van der Waals surface area contributed by atoms with E-state index in [0.29, 0.717) is 0 Å². The Morgan fingerprint density at radius 2 is 0.966 bits per heavy atom. The molecule has 0 radical (unpaired) electrons. The maximum absolute atomic E-state index is 5.35. The van der Waals surface area contributed by atoms with Gasteiger partial charge in [-0.2, -0.15) is 0 Å². The van der Waals surface area contributed by atoms with Crippen molar-refractivity contribution in [2.45, 2.75) is 13.1 Å². The van der Waals surface area contributed by atoms with E-state index >= 15 is 0 Å². The van der Waals surface area contributed by atoms with E-state index in [1.807, 2.05) is 36.4 Å². The highest BCUT2D eigenvalue weighted by atomic mass is 28.3. The molecule has 0 saturated carbocycles. The molecule has 29 heavy (non-hydrogen) atoms. The van der Waals surface area contributed by atoms with Crippen molar-refractivity contribution < 1.29 is 8.83 Å². The fourth-order valence-electron chi connectivity index (χ4n) is 3.32. The summed E-state index contributed by atoms with van der Waals surface area (Å²) < 4.78 is 10.7. The summed E-state index contributed by atoms with van der Waals surface area (Å²) in [5, 5.41) is 2.85. The average Bonchev–Trinajstić information content (AvgIpc) is 3.45. The van der Waals surface area contributed by atoms with Gasteiger partial charge in [0.2, 0.25) is 0 Å². The molecule has 0 fully saturated rings. The normalized spacial score (nSPS) is 12.2. The van der Waals surface area contributed by atoms with Gasteiger partial charge in [-0.25, -0.2) is 0 Å². The van der Waals surface area contributed by atoms with Crippen molar-refractivity contribution in [3.63, 3.8) is 0 Å². The first-order valence-corrected chi connectivity index (χ1v) is 12.8. The third-order valence-electron chi connectivity index (χ3n) is 5.23. The Bertz CT molecular complexity index is 993. The van der Waals surface area contributed by atoms with E-state index in [1.165, 1.54) is 21.5 Å². The second-order valence-corrected chi connectivity index (χ2v) is 12.0. The molecular weight excluding hydrogens is 372 g/mol. The fraction of sp³-hybridized carbons (Fsp3) is 0.0769. The first kappa shape index (κ1) is 19.0. The van der Waals surface area contributed by atoms with Gasteiger partial charge >= 0.3 is 0 Å². The lowest BCUT2D eigenvalue weighted by Gasteiger charge is -2.24. The van der Waals surface area contributed by atoms with Crippen LogP contribution in [0.4, 0.5) is 0 Å². The first-order chi connectivity index (χ1) is 14.1. The zero-order valence-corrected chi connectivity index (χ0v) is 17.7. The lowest BCUT2D eigenvalue weighted by molar-refractivity contribution is 0.557. The molecule has 0 atom stereocenters. The predicted molar refractivity (Wildman–Crippen MR) is 125 cm³/mol. The molecule has 144 valence electrons. The second kappa shape index (κ2) is 8.37. The van der Waals surface area contributed by atoms with Crippen molar-refractivity contribution in [3.05, 3.63) is 108 Å². The van der Waals surface area contributed by atoms with Gasteiger partial charge in [0.1, 0.15) is 19.6 Å². The van der Waals surface area contributed by atoms with E-state index in [0.717, 1.165) is 11.5 Å². The van der Waals surface area contributed by atoms with Crippen LogP contribution in [-0.2, 0) is 0 Å². The van der Waals surface area contributed by atoms with Gasteiger partial charge in [0.05, 0.1) is 12.5 Å². The van der Waals surface area contributed by atoms with E-state index in [2.05, 4.69) is 73.8 Å². The molecular formula is C26H24O2Si. The molecule has 2 nitrogen and oxygen atoms in total. The molecule has 0 bridgehead atoms. The van der Waals surface area contributed by atoms with E-state index in [1.54, 1.807) is 12.5 Å². The molecule has 3 heteroatoms. The smallest absolute Gasteiger partial charge is 0.126 e. The van der Waals surface area contributed by atoms with E-state index in [4.69, 9.17) is 8.83 Å². The molecule has 0 amide bonds. The van der Waals surface area contributed by atoms with Crippen LogP contribution in [0.15, 0.2) is 94.2 Å². The van der Waals surface area contributed by atoms with Crippen LogP contribution in [-0.4, -0.2) is 8.07 Å². The molecule has 4 aromatic rings. The minimum Gasteiger partial charge on any atom is -0.465 e. The summed E-state index contributed by atoms with van der Waals surface area (Å²) >= 11 is 0. The van der Waals surface area contributed by atoms with Crippen LogP contribution in [0.25, 0.3) is 24.3 Å². The number of rotatable bonds is 6. The summed E-state index contributed by atoms with van der Waals surface area (Å²) in [6.45, 7) is 4.79. The summed E-state index contributed by atoms with van der Waals surface area (Å²) in [6, 6.07) is 25.5. The SMILES string of the molecule is C[Si](C)(c1ccc(/C=C/c2ccco2)cc1)c1ccc(/C=C/c2ccco2)cc1. The highest BCUT2D eigenvalue weighted by Gasteiger charge is 2.25. The molecule has 2 heterocycles. The average molecular weight is 397 g/mol. The summed E-state index contributed by atoms with van der Waals surface area (Å²) in [5.74, 6) is 1.73. The number of hydrogen-bond donors (Lipinski definition) is 0. The topological polar surface area (TPSA) is 26.3 Å². The zero-order valence-electron chi connectivity index (χ0n) is 16.7. The molecule has 0 unspecified atom stereocenters. The molecule has 0 aliphatic carbocycles. The lowest BCUT2D eigenvalue weighted by Crippen LogP contribution is -2.52. The van der Waals surface area contributed by atoms with Crippen LogP contribution in [0.1, 0.15) is 22.6 Å². The van der Waals surface area contributed by atoms with Gasteiger partial charge in [-0.3, -0.25) is 0 Å². The number of furan rings is 2. The molecule has 0 saturated heterocycles. The summed E-state index contributed by atoms with van der Waals surface area (Å²) in [7, 11) is -1.74. The standard InChI is InChI=1S/C26H24O2Si/c1-29(2,25-15-9-21(10-16-25)7-13-23-5-3-19-27-23)26-17-11-22(12-18-26)8-14-24-6-4-20-28-24/h3-20H,1-2H3/b13-7+,14-8+. The second-order valence-electron chi connectivity index (χ2n) is 7.57. The van der Waals surface area contributed by atoms with Crippen LogP contribution in [0.5, 0.6) is 0 Å². The Hall–Kier alpha value is -3.30. The first-order valence-electron chi connectivity index (χ1n) is 9.75. The molecule has 0 N–H and O–H groups in total. The largest absolute Gasteiger partial charge is 0.465 e. The van der Waals surface area contributed by atoms with Crippen LogP contribution in [0, 0.1) is 0 Å².